The summed E-state index contributed by atoms with van der Waals surface area (Å²) in [6.45, 7) is 4.80. The Morgan fingerprint density at radius 3 is 2.48 bits per heavy atom. The van der Waals surface area contributed by atoms with Crippen molar-refractivity contribution in [2.45, 2.75) is 19.0 Å². The van der Waals surface area contributed by atoms with E-state index in [9.17, 15) is 4.79 Å². The smallest absolute Gasteiger partial charge is 0.407 e. The van der Waals surface area contributed by atoms with Gasteiger partial charge in [0.2, 0.25) is 0 Å². The van der Waals surface area contributed by atoms with Crippen molar-refractivity contribution in [3.63, 3.8) is 0 Å². The first-order valence-corrected chi connectivity index (χ1v) is 8.85. The van der Waals surface area contributed by atoms with Crippen molar-refractivity contribution >= 4 is 6.09 Å². The maximum atomic E-state index is 12.1. The first-order chi connectivity index (χ1) is 13.3. The average Bonchev–Trinajstić information content (AvgIpc) is 3.27. The van der Waals surface area contributed by atoms with Gasteiger partial charge in [0.15, 0.2) is 0 Å². The van der Waals surface area contributed by atoms with Gasteiger partial charge in [0.1, 0.15) is 12.3 Å². The molecule has 6 nitrogen and oxygen atoms in total. The predicted octanol–water partition coefficient (Wildman–Crippen LogP) is 3.50. The minimum atomic E-state index is -0.463. The molecule has 1 aliphatic rings. The van der Waals surface area contributed by atoms with Crippen molar-refractivity contribution < 1.29 is 9.53 Å². The van der Waals surface area contributed by atoms with Crippen molar-refractivity contribution in [3.8, 4) is 11.1 Å². The summed E-state index contributed by atoms with van der Waals surface area (Å²) < 4.78 is 7.15. The standard InChI is InChI=1S/C21H20N4O2/c1-2-11-25-13-15(23-24-25)12-22-21(26)27-14-20-18-9-5-3-7-16(18)17-8-4-6-10-19(17)20/h2-10,13,20H,1,11-12,14H2,(H,22,26). The van der Waals surface area contributed by atoms with Crippen LogP contribution in [0.25, 0.3) is 11.1 Å². The first-order valence-electron chi connectivity index (χ1n) is 8.85. The topological polar surface area (TPSA) is 69.0 Å². The molecule has 0 bridgehead atoms. The zero-order valence-electron chi connectivity index (χ0n) is 14.8. The molecule has 1 aromatic heterocycles. The molecule has 1 aliphatic carbocycles. The molecule has 4 rings (SSSR count). The van der Waals surface area contributed by atoms with Crippen LogP contribution in [0.3, 0.4) is 0 Å². The lowest BCUT2D eigenvalue weighted by atomic mass is 9.98. The summed E-state index contributed by atoms with van der Waals surface area (Å²) in [6, 6.07) is 16.5. The van der Waals surface area contributed by atoms with E-state index < -0.39 is 6.09 Å². The Hall–Kier alpha value is -3.41. The van der Waals surface area contributed by atoms with E-state index in [1.807, 2.05) is 24.3 Å². The summed E-state index contributed by atoms with van der Waals surface area (Å²) in [7, 11) is 0. The summed E-state index contributed by atoms with van der Waals surface area (Å²) in [6.07, 6.45) is 3.04. The van der Waals surface area contributed by atoms with Crippen LogP contribution in [0.15, 0.2) is 67.4 Å². The highest BCUT2D eigenvalue weighted by Gasteiger charge is 2.28. The lowest BCUT2D eigenvalue weighted by molar-refractivity contribution is 0.142. The van der Waals surface area contributed by atoms with E-state index in [4.69, 9.17) is 4.74 Å². The van der Waals surface area contributed by atoms with Crippen LogP contribution in [-0.2, 0) is 17.8 Å². The molecule has 136 valence electrons. The largest absolute Gasteiger partial charge is 0.449 e. The van der Waals surface area contributed by atoms with Gasteiger partial charge in [-0.25, -0.2) is 9.48 Å². The molecule has 6 heteroatoms. The molecule has 0 aliphatic heterocycles. The third-order valence-electron chi connectivity index (χ3n) is 4.66. The van der Waals surface area contributed by atoms with Crippen molar-refractivity contribution in [2.24, 2.45) is 0 Å². The molecule has 0 saturated heterocycles. The van der Waals surface area contributed by atoms with Gasteiger partial charge in [-0.1, -0.05) is 59.8 Å². The fourth-order valence-corrected chi connectivity index (χ4v) is 3.45. The highest BCUT2D eigenvalue weighted by Crippen LogP contribution is 2.44. The van der Waals surface area contributed by atoms with Gasteiger partial charge in [-0.15, -0.1) is 11.7 Å². The van der Waals surface area contributed by atoms with E-state index in [1.165, 1.54) is 22.3 Å². The van der Waals surface area contributed by atoms with Crippen LogP contribution in [0.5, 0.6) is 0 Å². The van der Waals surface area contributed by atoms with Crippen molar-refractivity contribution in [1.29, 1.82) is 0 Å². The second-order valence-corrected chi connectivity index (χ2v) is 6.40. The monoisotopic (exact) mass is 360 g/mol. The summed E-state index contributed by atoms with van der Waals surface area (Å²) in [5.74, 6) is 0.0524. The third kappa shape index (κ3) is 3.46. The van der Waals surface area contributed by atoms with Gasteiger partial charge in [0, 0.05) is 5.92 Å². The summed E-state index contributed by atoms with van der Waals surface area (Å²) in [4.78, 5) is 12.1. The number of alkyl carbamates (subject to hydrolysis) is 1. The van der Waals surface area contributed by atoms with E-state index in [1.54, 1.807) is 17.0 Å². The molecule has 2 aromatic carbocycles. The van der Waals surface area contributed by atoms with Gasteiger partial charge in [-0.05, 0) is 22.3 Å². The second kappa shape index (κ2) is 7.45. The summed E-state index contributed by atoms with van der Waals surface area (Å²) in [5, 5.41) is 10.7. The average molecular weight is 360 g/mol. The molecule has 1 N–H and O–H groups in total. The number of hydrogen-bond acceptors (Lipinski definition) is 4. The summed E-state index contributed by atoms with van der Waals surface area (Å²) in [5.41, 5.74) is 5.48. The van der Waals surface area contributed by atoms with Gasteiger partial charge < -0.3 is 10.1 Å². The van der Waals surface area contributed by atoms with Gasteiger partial charge in [-0.2, -0.15) is 0 Å². The molecule has 0 fully saturated rings. The normalized spacial score (nSPS) is 12.3. The van der Waals surface area contributed by atoms with Gasteiger partial charge >= 0.3 is 6.09 Å². The molecule has 0 spiro atoms. The molecule has 1 heterocycles. The third-order valence-corrected chi connectivity index (χ3v) is 4.66. The molecule has 27 heavy (non-hydrogen) atoms. The van der Waals surface area contributed by atoms with Crippen LogP contribution >= 0.6 is 0 Å². The minimum Gasteiger partial charge on any atom is -0.449 e. The molecule has 0 radical (unpaired) electrons. The number of rotatable bonds is 6. The van der Waals surface area contributed by atoms with Crippen molar-refractivity contribution in [1.82, 2.24) is 20.3 Å². The Bertz CT molecular complexity index is 934. The van der Waals surface area contributed by atoms with Crippen LogP contribution in [0.2, 0.25) is 0 Å². The quantitative estimate of drug-likeness (QED) is 0.683. The maximum Gasteiger partial charge on any atom is 0.407 e. The first kappa shape index (κ1) is 17.0. The lowest BCUT2D eigenvalue weighted by Gasteiger charge is -2.14. The molecule has 1 amide bonds. The number of ether oxygens (including phenoxy) is 1. The predicted molar refractivity (Wildman–Crippen MR) is 102 cm³/mol. The van der Waals surface area contributed by atoms with Crippen LogP contribution in [-0.4, -0.2) is 27.7 Å². The van der Waals surface area contributed by atoms with E-state index in [0.717, 1.165) is 0 Å². The van der Waals surface area contributed by atoms with Crippen LogP contribution in [0.4, 0.5) is 4.79 Å². The Morgan fingerprint density at radius 2 is 1.81 bits per heavy atom. The second-order valence-electron chi connectivity index (χ2n) is 6.40. The number of hydrogen-bond donors (Lipinski definition) is 1. The maximum absolute atomic E-state index is 12.1. The molecule has 0 unspecified atom stereocenters. The van der Waals surface area contributed by atoms with Gasteiger partial charge in [0.25, 0.3) is 0 Å². The van der Waals surface area contributed by atoms with E-state index >= 15 is 0 Å². The molecular weight excluding hydrogens is 340 g/mol. The number of carbonyl (C=O) groups excluding carboxylic acids is 1. The van der Waals surface area contributed by atoms with E-state index in [0.29, 0.717) is 18.8 Å². The number of fused-ring (bicyclic) bond motifs is 3. The van der Waals surface area contributed by atoms with Gasteiger partial charge in [-0.3, -0.25) is 0 Å². The van der Waals surface area contributed by atoms with Crippen LogP contribution < -0.4 is 5.32 Å². The number of benzene rings is 2. The van der Waals surface area contributed by atoms with Gasteiger partial charge in [0.05, 0.1) is 19.3 Å². The van der Waals surface area contributed by atoms with E-state index in [-0.39, 0.29) is 12.5 Å². The Balaban J connectivity index is 1.38. The van der Waals surface area contributed by atoms with Crippen molar-refractivity contribution in [2.75, 3.05) is 6.61 Å². The van der Waals surface area contributed by atoms with Crippen LogP contribution in [0.1, 0.15) is 22.7 Å². The fraction of sp³-hybridized carbons (Fsp3) is 0.190. The Labute approximate surface area is 157 Å². The number of aromatic nitrogens is 3. The number of nitrogens with zero attached hydrogens (tertiary/aromatic N) is 3. The number of nitrogens with one attached hydrogen (secondary N) is 1. The molecular formula is C21H20N4O2. The number of amides is 1. The zero-order chi connectivity index (χ0) is 18.6. The summed E-state index contributed by atoms with van der Waals surface area (Å²) >= 11 is 0. The number of carbonyl (C=O) groups is 1. The highest BCUT2D eigenvalue weighted by atomic mass is 16.5. The molecule has 0 saturated carbocycles. The number of allylic oxidation sites excluding steroid dienone is 1. The highest BCUT2D eigenvalue weighted by molar-refractivity contribution is 5.79. The van der Waals surface area contributed by atoms with Crippen molar-refractivity contribution in [3.05, 3.63) is 84.2 Å². The van der Waals surface area contributed by atoms with E-state index in [2.05, 4.69) is 46.5 Å². The molecule has 0 atom stereocenters. The lowest BCUT2D eigenvalue weighted by Crippen LogP contribution is -2.25. The molecule has 3 aromatic rings. The SMILES string of the molecule is C=CCn1cc(CNC(=O)OCC2c3ccccc3-c3ccccc32)nn1. The minimum absolute atomic E-state index is 0.0524. The Kier molecular flexibility index (Phi) is 4.70. The zero-order valence-corrected chi connectivity index (χ0v) is 14.8. The van der Waals surface area contributed by atoms with Crippen LogP contribution in [0, 0.1) is 0 Å². The Morgan fingerprint density at radius 1 is 1.15 bits per heavy atom. The fourth-order valence-electron chi connectivity index (χ4n) is 3.45.